The van der Waals surface area contributed by atoms with Gasteiger partial charge in [0.1, 0.15) is 11.5 Å². The molecule has 2 aromatic carbocycles. The first-order chi connectivity index (χ1) is 17.0. The maximum atomic E-state index is 12.8. The number of carbonyl (C=O) groups excluding carboxylic acids is 1. The summed E-state index contributed by atoms with van der Waals surface area (Å²) in [5, 5.41) is 12.7. The first-order valence-corrected chi connectivity index (χ1v) is 12.9. The summed E-state index contributed by atoms with van der Waals surface area (Å²) in [7, 11) is 3.25. The molecule has 3 aromatic rings. The molecular weight excluding hydrogens is 462 g/mol. The Hall–Kier alpha value is -3.04. The third-order valence-electron chi connectivity index (χ3n) is 6.26. The predicted molar refractivity (Wildman–Crippen MR) is 139 cm³/mol. The average molecular weight is 496 g/mol. The Labute approximate surface area is 211 Å². The van der Waals surface area contributed by atoms with Crippen molar-refractivity contribution < 1.29 is 14.3 Å². The van der Waals surface area contributed by atoms with Crippen LogP contribution >= 0.6 is 11.8 Å². The molecular formula is C26H33N5O3S. The minimum Gasteiger partial charge on any atom is -0.497 e. The van der Waals surface area contributed by atoms with Gasteiger partial charge in [-0.1, -0.05) is 24.2 Å². The molecule has 0 unspecified atom stereocenters. The van der Waals surface area contributed by atoms with Crippen LogP contribution in [0, 0.1) is 6.92 Å². The van der Waals surface area contributed by atoms with E-state index in [4.69, 9.17) is 9.47 Å². The van der Waals surface area contributed by atoms with E-state index in [1.807, 2.05) is 49.4 Å². The van der Waals surface area contributed by atoms with Crippen LogP contribution in [-0.2, 0) is 4.79 Å². The molecule has 1 aliphatic heterocycles. The van der Waals surface area contributed by atoms with Crippen LogP contribution in [0.3, 0.4) is 0 Å². The van der Waals surface area contributed by atoms with Gasteiger partial charge in [0.25, 0.3) is 0 Å². The number of carbonyl (C=O) groups is 1. The fourth-order valence-electron chi connectivity index (χ4n) is 4.32. The number of thioether (sulfide) groups is 1. The van der Waals surface area contributed by atoms with Crippen LogP contribution in [0.5, 0.6) is 11.5 Å². The van der Waals surface area contributed by atoms with Gasteiger partial charge in [0, 0.05) is 5.69 Å². The summed E-state index contributed by atoms with van der Waals surface area (Å²) in [6.07, 6.45) is 3.67. The van der Waals surface area contributed by atoms with Crippen LogP contribution in [0.15, 0.2) is 47.6 Å². The molecule has 0 saturated carbocycles. The second kappa shape index (κ2) is 11.6. The number of rotatable bonds is 9. The molecule has 1 atom stereocenters. The molecule has 1 saturated heterocycles. The standard InChI is InChI=1S/C26H33N5O3S/c1-18-8-13-23(34-4)22(16-18)27-24(32)17-35-26-29-28-25(19(2)30-14-6-5-7-15-30)31(26)20-9-11-21(33-3)12-10-20/h8-13,16,19H,5-7,14-15,17H2,1-4H3,(H,27,32)/t19-/m0/s1. The Morgan fingerprint density at radius 1 is 1.06 bits per heavy atom. The quantitative estimate of drug-likeness (QED) is 0.424. The van der Waals surface area contributed by atoms with E-state index >= 15 is 0 Å². The first-order valence-electron chi connectivity index (χ1n) is 11.9. The molecule has 1 fully saturated rings. The van der Waals surface area contributed by atoms with E-state index in [2.05, 4.69) is 31.9 Å². The van der Waals surface area contributed by atoms with E-state index in [1.54, 1.807) is 14.2 Å². The minimum absolute atomic E-state index is 0.115. The normalized spacial score (nSPS) is 15.0. The zero-order chi connectivity index (χ0) is 24.8. The molecule has 0 spiro atoms. The average Bonchev–Trinajstić information content (AvgIpc) is 3.31. The monoisotopic (exact) mass is 495 g/mol. The number of nitrogens with one attached hydrogen (secondary N) is 1. The van der Waals surface area contributed by atoms with Crippen molar-refractivity contribution in [1.82, 2.24) is 19.7 Å². The smallest absolute Gasteiger partial charge is 0.234 e. The molecule has 35 heavy (non-hydrogen) atoms. The molecule has 0 aliphatic carbocycles. The number of hydrogen-bond donors (Lipinski definition) is 1. The largest absolute Gasteiger partial charge is 0.497 e. The van der Waals surface area contributed by atoms with E-state index < -0.39 is 0 Å². The molecule has 186 valence electrons. The van der Waals surface area contributed by atoms with E-state index in [0.29, 0.717) is 16.6 Å². The molecule has 4 rings (SSSR count). The van der Waals surface area contributed by atoms with Gasteiger partial charge in [0.15, 0.2) is 11.0 Å². The van der Waals surface area contributed by atoms with Crippen LogP contribution in [0.25, 0.3) is 5.69 Å². The fourth-order valence-corrected chi connectivity index (χ4v) is 5.08. The van der Waals surface area contributed by atoms with Gasteiger partial charge < -0.3 is 14.8 Å². The minimum atomic E-state index is -0.131. The molecule has 0 bridgehead atoms. The summed E-state index contributed by atoms with van der Waals surface area (Å²) in [6, 6.07) is 13.7. The Morgan fingerprint density at radius 2 is 1.80 bits per heavy atom. The van der Waals surface area contributed by atoms with Crippen LogP contribution in [-0.4, -0.2) is 58.6 Å². The number of hydrogen-bond acceptors (Lipinski definition) is 7. The number of aryl methyl sites for hydroxylation is 1. The van der Waals surface area contributed by atoms with Crippen molar-refractivity contribution in [1.29, 1.82) is 0 Å². The number of aromatic nitrogens is 3. The summed E-state index contributed by atoms with van der Waals surface area (Å²) in [5.74, 6) is 2.36. The van der Waals surface area contributed by atoms with Crippen molar-refractivity contribution >= 4 is 23.4 Å². The van der Waals surface area contributed by atoms with E-state index in [0.717, 1.165) is 35.9 Å². The highest BCUT2D eigenvalue weighted by Crippen LogP contribution is 2.31. The van der Waals surface area contributed by atoms with Crippen molar-refractivity contribution in [2.45, 2.75) is 44.3 Å². The lowest BCUT2D eigenvalue weighted by Gasteiger charge is -2.31. The number of anilines is 1. The second-order valence-electron chi connectivity index (χ2n) is 8.69. The zero-order valence-electron chi connectivity index (χ0n) is 20.8. The van der Waals surface area contributed by atoms with Crippen LogP contribution in [0.1, 0.15) is 43.6 Å². The summed E-state index contributed by atoms with van der Waals surface area (Å²) in [6.45, 7) is 6.27. The number of methoxy groups -OCH3 is 2. The van der Waals surface area contributed by atoms with Gasteiger partial charge >= 0.3 is 0 Å². The summed E-state index contributed by atoms with van der Waals surface area (Å²) >= 11 is 1.37. The maximum Gasteiger partial charge on any atom is 0.234 e. The van der Waals surface area contributed by atoms with Gasteiger partial charge in [0.2, 0.25) is 5.91 Å². The van der Waals surface area contributed by atoms with Gasteiger partial charge in [-0.15, -0.1) is 10.2 Å². The number of nitrogens with zero attached hydrogens (tertiary/aromatic N) is 4. The van der Waals surface area contributed by atoms with Crippen LogP contribution in [0.4, 0.5) is 5.69 Å². The van der Waals surface area contributed by atoms with Gasteiger partial charge in [-0.3, -0.25) is 14.3 Å². The topological polar surface area (TPSA) is 81.5 Å². The number of benzene rings is 2. The van der Waals surface area contributed by atoms with Crippen molar-refractivity contribution in [3.8, 4) is 17.2 Å². The summed E-state index contributed by atoms with van der Waals surface area (Å²) < 4.78 is 12.8. The second-order valence-corrected chi connectivity index (χ2v) is 9.63. The van der Waals surface area contributed by atoms with Crippen LogP contribution in [0.2, 0.25) is 0 Å². The van der Waals surface area contributed by atoms with Gasteiger partial charge in [-0.25, -0.2) is 0 Å². The Morgan fingerprint density at radius 3 is 2.49 bits per heavy atom. The SMILES string of the molecule is COc1ccc(-n2c(SCC(=O)Nc3cc(C)ccc3OC)nnc2[C@H](C)N2CCCCC2)cc1. The Balaban J connectivity index is 1.56. The van der Waals surface area contributed by atoms with Crippen molar-refractivity contribution in [3.05, 3.63) is 53.9 Å². The van der Waals surface area contributed by atoms with Crippen molar-refractivity contribution in [3.63, 3.8) is 0 Å². The maximum absolute atomic E-state index is 12.8. The number of piperidine rings is 1. The molecule has 1 aromatic heterocycles. The summed E-state index contributed by atoms with van der Waals surface area (Å²) in [4.78, 5) is 15.3. The van der Waals surface area contributed by atoms with E-state index in [9.17, 15) is 4.79 Å². The number of likely N-dealkylation sites (tertiary alicyclic amines) is 1. The lowest BCUT2D eigenvalue weighted by atomic mass is 10.1. The summed E-state index contributed by atoms with van der Waals surface area (Å²) in [5.41, 5.74) is 2.65. The number of ether oxygens (including phenoxy) is 2. The third kappa shape index (κ3) is 5.97. The molecule has 8 nitrogen and oxygen atoms in total. The third-order valence-corrected chi connectivity index (χ3v) is 7.19. The van der Waals surface area contributed by atoms with Gasteiger partial charge in [-0.2, -0.15) is 0 Å². The highest BCUT2D eigenvalue weighted by atomic mass is 32.2. The number of amides is 1. The van der Waals surface area contributed by atoms with Gasteiger partial charge in [-0.05, 0) is 81.7 Å². The Kier molecular flexibility index (Phi) is 8.30. The molecule has 2 heterocycles. The molecule has 0 radical (unpaired) electrons. The molecule has 1 amide bonds. The van der Waals surface area contributed by atoms with Crippen molar-refractivity contribution in [2.24, 2.45) is 0 Å². The molecule has 9 heteroatoms. The molecule has 1 N–H and O–H groups in total. The molecule has 1 aliphatic rings. The van der Waals surface area contributed by atoms with Gasteiger partial charge in [0.05, 0.1) is 31.7 Å². The van der Waals surface area contributed by atoms with Crippen LogP contribution < -0.4 is 14.8 Å². The zero-order valence-corrected chi connectivity index (χ0v) is 21.6. The predicted octanol–water partition coefficient (Wildman–Crippen LogP) is 4.87. The van der Waals surface area contributed by atoms with E-state index in [1.165, 1.54) is 31.0 Å². The lowest BCUT2D eigenvalue weighted by molar-refractivity contribution is -0.113. The Bertz CT molecular complexity index is 1140. The highest BCUT2D eigenvalue weighted by molar-refractivity contribution is 7.99. The fraction of sp³-hybridized carbons (Fsp3) is 0.423. The van der Waals surface area contributed by atoms with Crippen molar-refractivity contribution in [2.75, 3.05) is 38.4 Å². The van der Waals surface area contributed by atoms with E-state index in [-0.39, 0.29) is 17.7 Å². The highest BCUT2D eigenvalue weighted by Gasteiger charge is 2.26. The first kappa shape index (κ1) is 25.1. The lowest BCUT2D eigenvalue weighted by Crippen LogP contribution is -2.33.